The van der Waals surface area contributed by atoms with Gasteiger partial charge in [-0.15, -0.1) is 0 Å². The summed E-state index contributed by atoms with van der Waals surface area (Å²) in [5.41, 5.74) is 9.04. The van der Waals surface area contributed by atoms with Gasteiger partial charge in [-0.25, -0.2) is 0 Å². The van der Waals surface area contributed by atoms with Crippen molar-refractivity contribution in [2.45, 2.75) is 19.3 Å². The zero-order valence-electron chi connectivity index (χ0n) is 11.4. The van der Waals surface area contributed by atoms with Crippen LogP contribution in [0.5, 0.6) is 0 Å². The van der Waals surface area contributed by atoms with Gasteiger partial charge in [0.15, 0.2) is 0 Å². The van der Waals surface area contributed by atoms with Crippen molar-refractivity contribution in [3.63, 3.8) is 0 Å². The topological polar surface area (TPSA) is 26.0 Å². The van der Waals surface area contributed by atoms with Crippen molar-refractivity contribution < 1.29 is 0 Å². The molecule has 0 bridgehead atoms. The summed E-state index contributed by atoms with van der Waals surface area (Å²) in [6.45, 7) is 3.18. The number of nitrogens with two attached hydrogens (primary N) is 1. The lowest BCUT2D eigenvalue weighted by Gasteiger charge is -2.26. The first-order chi connectivity index (χ1) is 9.25. The Morgan fingerprint density at radius 3 is 1.84 bits per heavy atom. The molecule has 0 aliphatic heterocycles. The van der Waals surface area contributed by atoms with E-state index in [0.717, 1.165) is 6.54 Å². The second kappa shape index (κ2) is 4.82. The number of rotatable bonds is 4. The highest BCUT2D eigenvalue weighted by Crippen LogP contribution is 2.62. The Morgan fingerprint density at radius 2 is 1.47 bits per heavy atom. The second-order valence-corrected chi connectivity index (χ2v) is 5.90. The molecule has 0 amide bonds. The highest BCUT2D eigenvalue weighted by molar-refractivity contribution is 5.37. The van der Waals surface area contributed by atoms with Gasteiger partial charge in [0.2, 0.25) is 0 Å². The Labute approximate surface area is 115 Å². The molecule has 2 unspecified atom stereocenters. The molecule has 0 spiro atoms. The molecule has 3 rings (SSSR count). The molecule has 2 aromatic carbocycles. The summed E-state index contributed by atoms with van der Waals surface area (Å²) in [7, 11) is 0. The molecule has 0 heterocycles. The molecule has 1 aliphatic rings. The molecule has 2 aromatic rings. The third-order valence-corrected chi connectivity index (χ3v) is 4.67. The maximum Gasteiger partial charge on any atom is 0.0146 e. The highest BCUT2D eigenvalue weighted by Gasteiger charge is 2.54. The van der Waals surface area contributed by atoms with Crippen molar-refractivity contribution in [3.8, 4) is 0 Å². The van der Waals surface area contributed by atoms with E-state index in [4.69, 9.17) is 5.73 Å². The van der Waals surface area contributed by atoms with Crippen LogP contribution in [0.2, 0.25) is 0 Å². The summed E-state index contributed by atoms with van der Waals surface area (Å²) in [4.78, 5) is 0. The van der Waals surface area contributed by atoms with Crippen LogP contribution < -0.4 is 5.73 Å². The van der Waals surface area contributed by atoms with Crippen LogP contribution in [-0.4, -0.2) is 6.54 Å². The van der Waals surface area contributed by atoms with Crippen molar-refractivity contribution in [3.05, 3.63) is 71.8 Å². The average molecular weight is 251 g/mol. The van der Waals surface area contributed by atoms with Gasteiger partial charge in [0, 0.05) is 5.92 Å². The third kappa shape index (κ3) is 2.19. The Balaban J connectivity index is 2.03. The van der Waals surface area contributed by atoms with Crippen LogP contribution in [0, 0.1) is 11.3 Å². The Kier molecular flexibility index (Phi) is 3.16. The second-order valence-electron chi connectivity index (χ2n) is 5.90. The van der Waals surface area contributed by atoms with E-state index in [1.807, 2.05) is 0 Å². The van der Waals surface area contributed by atoms with Gasteiger partial charge in [-0.05, 0) is 35.4 Å². The van der Waals surface area contributed by atoms with Gasteiger partial charge >= 0.3 is 0 Å². The average Bonchev–Trinajstić information content (AvgIpc) is 3.13. The first kappa shape index (κ1) is 12.4. The Morgan fingerprint density at radius 1 is 1.00 bits per heavy atom. The molecule has 1 nitrogen and oxygen atoms in total. The molecule has 1 fully saturated rings. The normalized spacial score (nSPS) is 25.5. The number of hydrogen-bond acceptors (Lipinski definition) is 1. The Hall–Kier alpha value is -1.60. The zero-order chi connectivity index (χ0) is 13.3. The molecule has 98 valence electrons. The number of hydrogen-bond donors (Lipinski definition) is 1. The summed E-state index contributed by atoms with van der Waals surface area (Å²) in [5.74, 6) is 1.11. The highest BCUT2D eigenvalue weighted by atomic mass is 14.7. The monoisotopic (exact) mass is 251 g/mol. The lowest BCUT2D eigenvalue weighted by atomic mass is 9.78. The van der Waals surface area contributed by atoms with Crippen molar-refractivity contribution >= 4 is 0 Å². The third-order valence-electron chi connectivity index (χ3n) is 4.67. The molecule has 2 N–H and O–H groups in total. The summed E-state index contributed by atoms with van der Waals surface area (Å²) in [5, 5.41) is 0. The van der Waals surface area contributed by atoms with E-state index < -0.39 is 0 Å². The van der Waals surface area contributed by atoms with Gasteiger partial charge in [0.05, 0.1) is 0 Å². The molecular formula is C18H21N. The molecule has 19 heavy (non-hydrogen) atoms. The fourth-order valence-corrected chi connectivity index (χ4v) is 3.42. The van der Waals surface area contributed by atoms with Gasteiger partial charge in [-0.1, -0.05) is 67.6 Å². The minimum atomic E-state index is 0.317. The van der Waals surface area contributed by atoms with E-state index in [1.54, 1.807) is 0 Å². The van der Waals surface area contributed by atoms with Gasteiger partial charge in [-0.2, -0.15) is 0 Å². The van der Waals surface area contributed by atoms with Crippen molar-refractivity contribution in [2.75, 3.05) is 6.54 Å². The van der Waals surface area contributed by atoms with Gasteiger partial charge in [0.1, 0.15) is 0 Å². The van der Waals surface area contributed by atoms with Gasteiger partial charge in [-0.3, -0.25) is 0 Å². The fraction of sp³-hybridized carbons (Fsp3) is 0.333. The van der Waals surface area contributed by atoms with Gasteiger partial charge < -0.3 is 5.73 Å². The first-order valence-electron chi connectivity index (χ1n) is 7.05. The lowest BCUT2D eigenvalue weighted by Crippen LogP contribution is -2.18. The fourth-order valence-electron chi connectivity index (χ4n) is 3.42. The van der Waals surface area contributed by atoms with E-state index in [2.05, 4.69) is 67.6 Å². The molecule has 0 radical (unpaired) electrons. The minimum absolute atomic E-state index is 0.317. The summed E-state index contributed by atoms with van der Waals surface area (Å²) >= 11 is 0. The molecule has 0 aromatic heterocycles. The first-order valence-corrected chi connectivity index (χ1v) is 7.05. The van der Waals surface area contributed by atoms with E-state index in [1.165, 1.54) is 17.5 Å². The predicted octanol–water partition coefficient (Wildman–Crippen LogP) is 3.80. The van der Waals surface area contributed by atoms with Crippen LogP contribution in [0.15, 0.2) is 60.7 Å². The molecule has 1 heteroatoms. The smallest absolute Gasteiger partial charge is 0.0146 e. The lowest BCUT2D eigenvalue weighted by molar-refractivity contribution is 0.444. The zero-order valence-corrected chi connectivity index (χ0v) is 11.4. The maximum atomic E-state index is 5.90. The summed E-state index contributed by atoms with van der Waals surface area (Å²) in [6.07, 6.45) is 1.23. The van der Waals surface area contributed by atoms with E-state index in [-0.39, 0.29) is 0 Å². The Bertz CT molecular complexity index is 495. The quantitative estimate of drug-likeness (QED) is 0.878. The maximum absolute atomic E-state index is 5.90. The summed E-state index contributed by atoms with van der Waals surface area (Å²) in [6, 6.07) is 21.7. The number of benzene rings is 2. The molecular weight excluding hydrogens is 230 g/mol. The standard InChI is InChI=1S/C18H21N/c1-18(12-16(18)13-19)17(14-8-4-2-5-9-14)15-10-6-3-7-11-15/h2-11,16-17H,12-13,19H2,1H3. The van der Waals surface area contributed by atoms with E-state index in [9.17, 15) is 0 Å². The van der Waals surface area contributed by atoms with Crippen LogP contribution in [0.25, 0.3) is 0 Å². The predicted molar refractivity (Wildman–Crippen MR) is 80.0 cm³/mol. The molecule has 1 saturated carbocycles. The largest absolute Gasteiger partial charge is 0.330 e. The molecule has 1 aliphatic carbocycles. The van der Waals surface area contributed by atoms with Crippen LogP contribution in [0.3, 0.4) is 0 Å². The minimum Gasteiger partial charge on any atom is -0.330 e. The van der Waals surface area contributed by atoms with Crippen LogP contribution >= 0.6 is 0 Å². The summed E-state index contributed by atoms with van der Waals surface area (Å²) < 4.78 is 0. The van der Waals surface area contributed by atoms with Crippen molar-refractivity contribution in [1.29, 1.82) is 0 Å². The molecule has 2 atom stereocenters. The SMILES string of the molecule is CC1(C(c2ccccc2)c2ccccc2)CC1CN. The van der Waals surface area contributed by atoms with Crippen molar-refractivity contribution in [2.24, 2.45) is 17.1 Å². The molecule has 0 saturated heterocycles. The van der Waals surface area contributed by atoms with Gasteiger partial charge in [0.25, 0.3) is 0 Å². The van der Waals surface area contributed by atoms with E-state index in [0.29, 0.717) is 17.3 Å². The van der Waals surface area contributed by atoms with Crippen molar-refractivity contribution in [1.82, 2.24) is 0 Å². The van der Waals surface area contributed by atoms with Crippen LogP contribution in [0.4, 0.5) is 0 Å². The van der Waals surface area contributed by atoms with Crippen LogP contribution in [0.1, 0.15) is 30.4 Å². The van der Waals surface area contributed by atoms with Crippen LogP contribution in [-0.2, 0) is 0 Å². The van der Waals surface area contributed by atoms with E-state index >= 15 is 0 Å².